The summed E-state index contributed by atoms with van der Waals surface area (Å²) in [6.07, 6.45) is 2.57. The highest BCUT2D eigenvalue weighted by Crippen LogP contribution is 2.43. The van der Waals surface area contributed by atoms with Crippen LogP contribution in [0.5, 0.6) is 17.2 Å². The standard InChI is InChI=1S/C48H43Cl2IN4O6/c1-2-41(36-5-3-4-6-39(36)51)55-25-34-23-44-43(60-27-45(61-44)31-12-15-35(16-13-31)59-26-29-9-17-37(49)38(50)19-29)22-33(34)21-42(55)47(56)54-40(48(57)58)20-28-7-10-30(11-8-28)32-14-18-46(52)53-24-32/h3-19,22-24,40-42,45H,2,20-21,25-27H2,1H3,(H2,52,53)(H,54,56)(H,57,58)/t40?,41-,42-,45+/m0/s1. The highest BCUT2D eigenvalue weighted by atomic mass is 127. The Hall–Kier alpha value is -5.34. The van der Waals surface area contributed by atoms with Crippen molar-refractivity contribution in [1.82, 2.24) is 15.2 Å². The molecule has 4 N–H and O–H groups in total. The average Bonchev–Trinajstić information content (AvgIpc) is 3.27. The number of aliphatic carboxylic acids is 1. The topological polar surface area (TPSA) is 136 Å². The van der Waals surface area contributed by atoms with E-state index in [1.807, 2.05) is 84.9 Å². The normalized spacial score (nSPS) is 16.9. The predicted molar refractivity (Wildman–Crippen MR) is 245 cm³/mol. The zero-order valence-corrected chi connectivity index (χ0v) is 36.9. The molecule has 4 atom stereocenters. The quantitative estimate of drug-likeness (QED) is 0.0967. The number of aromatic nitrogens is 1. The van der Waals surface area contributed by atoms with Gasteiger partial charge >= 0.3 is 5.97 Å². The van der Waals surface area contributed by atoms with E-state index in [9.17, 15) is 14.7 Å². The number of benzene rings is 5. The molecule has 0 saturated heterocycles. The zero-order chi connectivity index (χ0) is 42.6. The van der Waals surface area contributed by atoms with Crippen molar-refractivity contribution in [3.63, 3.8) is 0 Å². The zero-order valence-electron chi connectivity index (χ0n) is 33.2. The number of fused-ring (bicyclic) bond motifs is 2. The first-order chi connectivity index (χ1) is 29.5. The maximum atomic E-state index is 14.5. The van der Waals surface area contributed by atoms with Crippen LogP contribution in [-0.4, -0.2) is 45.6 Å². The van der Waals surface area contributed by atoms with Crippen molar-refractivity contribution >= 4 is 63.5 Å². The number of nitrogen functional groups attached to an aromatic ring is 1. The van der Waals surface area contributed by atoms with Crippen LogP contribution in [0, 0.1) is 3.57 Å². The second kappa shape index (κ2) is 18.7. The lowest BCUT2D eigenvalue weighted by molar-refractivity contribution is -0.143. The Labute approximate surface area is 378 Å². The van der Waals surface area contributed by atoms with E-state index in [0.29, 0.717) is 59.3 Å². The molecule has 3 heterocycles. The molecule has 6 aromatic rings. The number of nitrogens with two attached hydrogens (primary N) is 1. The Bertz CT molecular complexity index is 2540. The SMILES string of the molecule is CC[C@@H](c1ccccc1I)N1Cc2cc3c(cc2C[C@H]1C(=O)NC(Cc1ccc(-c2ccc(N)nc2)cc1)C(=O)O)OC[C@H](c1ccc(OCc2ccc(Cl)c(Cl)c2)cc1)O3. The minimum absolute atomic E-state index is 0.117. The van der Waals surface area contributed by atoms with Crippen molar-refractivity contribution in [2.24, 2.45) is 0 Å². The molecule has 0 fully saturated rings. The Balaban J connectivity index is 1.00. The fraction of sp³-hybridized carbons (Fsp3) is 0.229. The fourth-order valence-corrected chi connectivity index (χ4v) is 9.04. The predicted octanol–water partition coefficient (Wildman–Crippen LogP) is 10.0. The van der Waals surface area contributed by atoms with E-state index < -0.39 is 18.1 Å². The molecule has 0 radical (unpaired) electrons. The van der Waals surface area contributed by atoms with Crippen molar-refractivity contribution in [3.05, 3.63) is 168 Å². The summed E-state index contributed by atoms with van der Waals surface area (Å²) in [7, 11) is 0. The number of pyridine rings is 1. The highest BCUT2D eigenvalue weighted by molar-refractivity contribution is 14.1. The van der Waals surface area contributed by atoms with E-state index in [1.165, 1.54) is 0 Å². The Morgan fingerprint density at radius 2 is 1.66 bits per heavy atom. The molecule has 10 nitrogen and oxygen atoms in total. The molecule has 312 valence electrons. The fourth-order valence-electron chi connectivity index (χ4n) is 7.97. The molecular weight excluding hydrogens is 926 g/mol. The maximum Gasteiger partial charge on any atom is 0.326 e. The lowest BCUT2D eigenvalue weighted by atomic mass is 9.89. The van der Waals surface area contributed by atoms with Gasteiger partial charge in [0, 0.05) is 34.3 Å². The lowest BCUT2D eigenvalue weighted by Gasteiger charge is -2.42. The van der Waals surface area contributed by atoms with Gasteiger partial charge in [0.05, 0.1) is 16.1 Å². The molecular formula is C48H43Cl2IN4O6. The summed E-state index contributed by atoms with van der Waals surface area (Å²) in [5, 5.41) is 14.3. The van der Waals surface area contributed by atoms with E-state index in [0.717, 1.165) is 54.5 Å². The van der Waals surface area contributed by atoms with Gasteiger partial charge in [-0.05, 0) is 129 Å². The summed E-state index contributed by atoms with van der Waals surface area (Å²) in [5.74, 6) is 0.928. The monoisotopic (exact) mass is 968 g/mol. The number of carbonyl (C=O) groups is 2. The third-order valence-electron chi connectivity index (χ3n) is 11.2. The van der Waals surface area contributed by atoms with E-state index in [-0.39, 0.29) is 24.5 Å². The number of hydrogen-bond acceptors (Lipinski definition) is 8. The van der Waals surface area contributed by atoms with Gasteiger partial charge < -0.3 is 30.4 Å². The van der Waals surface area contributed by atoms with Crippen molar-refractivity contribution in [3.8, 4) is 28.4 Å². The molecule has 13 heteroatoms. The number of carbonyl (C=O) groups excluding carboxylic acids is 1. The number of hydrogen-bond donors (Lipinski definition) is 3. The van der Waals surface area contributed by atoms with Crippen LogP contribution in [0.3, 0.4) is 0 Å². The number of rotatable bonds is 13. The second-order valence-corrected chi connectivity index (χ2v) is 17.2. The summed E-state index contributed by atoms with van der Waals surface area (Å²) in [6, 6.07) is 34.7. The van der Waals surface area contributed by atoms with Crippen LogP contribution in [0.25, 0.3) is 11.1 Å². The molecule has 0 aliphatic carbocycles. The summed E-state index contributed by atoms with van der Waals surface area (Å²) < 4.78 is 20.0. The minimum atomic E-state index is -1.14. The van der Waals surface area contributed by atoms with Gasteiger partial charge in [0.25, 0.3) is 0 Å². The molecule has 1 aromatic heterocycles. The first kappa shape index (κ1) is 42.4. The van der Waals surface area contributed by atoms with Crippen LogP contribution in [0.1, 0.15) is 58.9 Å². The van der Waals surface area contributed by atoms with Crippen molar-refractivity contribution in [2.45, 2.75) is 63.6 Å². The van der Waals surface area contributed by atoms with Crippen LogP contribution in [0.15, 0.2) is 121 Å². The summed E-state index contributed by atoms with van der Waals surface area (Å²) in [5.41, 5.74) is 13.3. The number of halogens is 3. The average molecular weight is 970 g/mol. The molecule has 2 aliphatic heterocycles. The third kappa shape index (κ3) is 9.75. The smallest absolute Gasteiger partial charge is 0.326 e. The van der Waals surface area contributed by atoms with E-state index in [4.69, 9.17) is 43.1 Å². The molecule has 1 amide bonds. The van der Waals surface area contributed by atoms with Crippen LogP contribution in [0.2, 0.25) is 10.0 Å². The van der Waals surface area contributed by atoms with Crippen molar-refractivity contribution in [1.29, 1.82) is 0 Å². The summed E-state index contributed by atoms with van der Waals surface area (Å²) in [6.45, 7) is 3.20. The Morgan fingerprint density at radius 1 is 0.918 bits per heavy atom. The number of amides is 1. The molecule has 0 bridgehead atoms. The molecule has 61 heavy (non-hydrogen) atoms. The Morgan fingerprint density at radius 3 is 2.36 bits per heavy atom. The number of nitrogens with one attached hydrogen (secondary N) is 1. The number of anilines is 1. The first-order valence-corrected chi connectivity index (χ1v) is 21.8. The van der Waals surface area contributed by atoms with Gasteiger partial charge in [0.1, 0.15) is 30.8 Å². The van der Waals surface area contributed by atoms with Crippen molar-refractivity contribution in [2.75, 3.05) is 12.3 Å². The van der Waals surface area contributed by atoms with Gasteiger partial charge in [0.15, 0.2) is 17.6 Å². The van der Waals surface area contributed by atoms with Gasteiger partial charge in [-0.2, -0.15) is 0 Å². The summed E-state index contributed by atoms with van der Waals surface area (Å²) in [4.78, 5) is 33.5. The second-order valence-electron chi connectivity index (χ2n) is 15.2. The largest absolute Gasteiger partial charge is 0.489 e. The van der Waals surface area contributed by atoms with Gasteiger partial charge in [-0.25, -0.2) is 9.78 Å². The van der Waals surface area contributed by atoms with Gasteiger partial charge in [-0.3, -0.25) is 9.69 Å². The molecule has 8 rings (SSSR count). The molecule has 1 unspecified atom stereocenters. The van der Waals surface area contributed by atoms with Gasteiger partial charge in [-0.15, -0.1) is 0 Å². The van der Waals surface area contributed by atoms with Crippen LogP contribution in [0.4, 0.5) is 5.82 Å². The summed E-state index contributed by atoms with van der Waals surface area (Å²) >= 11 is 14.6. The van der Waals surface area contributed by atoms with Gasteiger partial charge in [0.2, 0.25) is 5.91 Å². The molecule has 0 spiro atoms. The number of carboxylic acids is 1. The Kier molecular flexibility index (Phi) is 13.0. The van der Waals surface area contributed by atoms with E-state index in [2.05, 4.69) is 56.8 Å². The molecule has 5 aromatic carbocycles. The van der Waals surface area contributed by atoms with E-state index in [1.54, 1.807) is 24.4 Å². The van der Waals surface area contributed by atoms with Crippen molar-refractivity contribution < 1.29 is 28.9 Å². The molecule has 2 aliphatic rings. The maximum absolute atomic E-state index is 14.5. The third-order valence-corrected chi connectivity index (χ3v) is 12.9. The highest BCUT2D eigenvalue weighted by Gasteiger charge is 2.39. The van der Waals surface area contributed by atoms with Crippen LogP contribution < -0.4 is 25.3 Å². The number of ether oxygens (including phenoxy) is 3. The van der Waals surface area contributed by atoms with Gasteiger partial charge in [-0.1, -0.05) is 90.8 Å². The van der Waals surface area contributed by atoms with E-state index >= 15 is 0 Å². The molecule has 0 saturated carbocycles. The minimum Gasteiger partial charge on any atom is -0.489 e. The van der Waals surface area contributed by atoms with Crippen LogP contribution in [-0.2, 0) is 35.6 Å². The number of carboxylic acid groups (broad SMARTS) is 1. The first-order valence-electron chi connectivity index (χ1n) is 20.0. The number of nitrogens with zero attached hydrogens (tertiary/aromatic N) is 2. The van der Waals surface area contributed by atoms with Crippen LogP contribution >= 0.6 is 45.8 Å². The lowest BCUT2D eigenvalue weighted by Crippen LogP contribution is -2.55.